The summed E-state index contributed by atoms with van der Waals surface area (Å²) in [4.78, 5) is 16.4. The van der Waals surface area contributed by atoms with E-state index in [1.54, 1.807) is 23.8 Å². The molecule has 74 valence electrons. The van der Waals surface area contributed by atoms with Gasteiger partial charge < -0.3 is 4.74 Å². The Balaban J connectivity index is 2.53. The molecule has 14 heavy (non-hydrogen) atoms. The van der Waals surface area contributed by atoms with Crippen LogP contribution in [0.25, 0.3) is 4.83 Å². The number of carbonyl (C=O) groups is 1. The zero-order valence-corrected chi connectivity index (χ0v) is 9.76. The summed E-state index contributed by atoms with van der Waals surface area (Å²) in [6.07, 6.45) is 3.31. The lowest BCUT2D eigenvalue weighted by Crippen LogP contribution is -2.07. The lowest BCUT2D eigenvalue weighted by Gasteiger charge is -1.99. The van der Waals surface area contributed by atoms with Crippen LogP contribution in [0, 0.1) is 0 Å². The first-order valence-corrected chi connectivity index (χ1v) is 5.62. The van der Waals surface area contributed by atoms with Crippen molar-refractivity contribution in [3.8, 4) is 0 Å². The summed E-state index contributed by atoms with van der Waals surface area (Å²) in [6, 6.07) is 0. The van der Waals surface area contributed by atoms with Gasteiger partial charge >= 0.3 is 5.97 Å². The van der Waals surface area contributed by atoms with E-state index in [1.807, 2.05) is 0 Å². The number of hydrogen-bond donors (Lipinski definition) is 0. The number of rotatable bonds is 2. The van der Waals surface area contributed by atoms with Gasteiger partial charge in [0.25, 0.3) is 0 Å². The van der Waals surface area contributed by atoms with E-state index >= 15 is 0 Å². The Hall–Kier alpha value is -0.880. The monoisotopic (exact) mass is 274 g/mol. The van der Waals surface area contributed by atoms with Crippen molar-refractivity contribution in [3.63, 3.8) is 0 Å². The summed E-state index contributed by atoms with van der Waals surface area (Å²) in [5.74, 6) is -0.330. The maximum atomic E-state index is 11.5. The lowest BCUT2D eigenvalue weighted by molar-refractivity contribution is 0.0517. The summed E-state index contributed by atoms with van der Waals surface area (Å²) in [7, 11) is 0. The Morgan fingerprint density at radius 3 is 3.29 bits per heavy atom. The molecule has 0 fully saturated rings. The Labute approximate surface area is 92.6 Å². The highest BCUT2D eigenvalue weighted by Gasteiger charge is 2.18. The van der Waals surface area contributed by atoms with E-state index in [2.05, 4.69) is 20.9 Å². The second kappa shape index (κ2) is 3.70. The second-order valence-corrected chi connectivity index (χ2v) is 4.90. The average molecular weight is 275 g/mol. The molecule has 0 aliphatic carbocycles. The van der Waals surface area contributed by atoms with Crippen molar-refractivity contribution in [3.05, 3.63) is 22.0 Å². The Kier molecular flexibility index (Phi) is 2.56. The molecule has 2 aromatic heterocycles. The average Bonchev–Trinajstić information content (AvgIpc) is 2.63. The topological polar surface area (TPSA) is 43.6 Å². The fraction of sp³-hybridized carbons (Fsp3) is 0.250. The Bertz CT molecular complexity index is 477. The van der Waals surface area contributed by atoms with Gasteiger partial charge in [-0.15, -0.1) is 11.3 Å². The zero-order valence-electron chi connectivity index (χ0n) is 7.36. The van der Waals surface area contributed by atoms with Crippen molar-refractivity contribution < 1.29 is 9.53 Å². The predicted molar refractivity (Wildman–Crippen MR) is 56.7 cm³/mol. The van der Waals surface area contributed by atoms with Gasteiger partial charge in [-0.3, -0.25) is 4.40 Å². The van der Waals surface area contributed by atoms with E-state index in [4.69, 9.17) is 4.74 Å². The summed E-state index contributed by atoms with van der Waals surface area (Å²) in [6.45, 7) is 2.15. The first-order valence-electron chi connectivity index (χ1n) is 4.01. The Morgan fingerprint density at radius 2 is 2.57 bits per heavy atom. The minimum atomic E-state index is -0.330. The fourth-order valence-corrected chi connectivity index (χ4v) is 2.80. The third-order valence-corrected chi connectivity index (χ3v) is 3.44. The van der Waals surface area contributed by atoms with Gasteiger partial charge in [-0.1, -0.05) is 0 Å². The van der Waals surface area contributed by atoms with Gasteiger partial charge in [-0.25, -0.2) is 9.78 Å². The molecule has 0 saturated carbocycles. The fourth-order valence-electron chi connectivity index (χ4n) is 1.14. The van der Waals surface area contributed by atoms with E-state index < -0.39 is 0 Å². The normalized spacial score (nSPS) is 10.7. The zero-order chi connectivity index (χ0) is 10.1. The van der Waals surface area contributed by atoms with E-state index in [0.29, 0.717) is 12.3 Å². The molecule has 0 aromatic carbocycles. The van der Waals surface area contributed by atoms with Gasteiger partial charge in [0.2, 0.25) is 0 Å². The van der Waals surface area contributed by atoms with Gasteiger partial charge in [0.05, 0.1) is 12.8 Å². The van der Waals surface area contributed by atoms with Crippen LogP contribution < -0.4 is 0 Å². The molecule has 0 spiro atoms. The van der Waals surface area contributed by atoms with E-state index in [1.165, 1.54) is 11.3 Å². The van der Waals surface area contributed by atoms with Crippen molar-refractivity contribution in [2.24, 2.45) is 0 Å². The molecule has 4 nitrogen and oxygen atoms in total. The molecule has 0 aliphatic heterocycles. The number of nitrogens with zero attached hydrogens (tertiary/aromatic N) is 2. The largest absolute Gasteiger partial charge is 0.461 e. The van der Waals surface area contributed by atoms with Crippen LogP contribution in [0.5, 0.6) is 0 Å². The van der Waals surface area contributed by atoms with Crippen LogP contribution in [-0.4, -0.2) is 22.0 Å². The summed E-state index contributed by atoms with van der Waals surface area (Å²) in [5, 5.41) is 0. The molecule has 2 aromatic rings. The minimum absolute atomic E-state index is 0.330. The van der Waals surface area contributed by atoms with Crippen molar-refractivity contribution in [1.29, 1.82) is 0 Å². The van der Waals surface area contributed by atoms with Gasteiger partial charge in [-0.05, 0) is 22.9 Å². The number of thiazole rings is 1. The highest BCUT2D eigenvalue weighted by molar-refractivity contribution is 9.11. The lowest BCUT2D eigenvalue weighted by atomic mass is 10.5. The van der Waals surface area contributed by atoms with Crippen molar-refractivity contribution in [2.45, 2.75) is 6.92 Å². The summed E-state index contributed by atoms with van der Waals surface area (Å²) >= 11 is 4.78. The molecule has 0 saturated heterocycles. The van der Waals surface area contributed by atoms with Crippen LogP contribution in [0.1, 0.15) is 17.4 Å². The smallest absolute Gasteiger partial charge is 0.357 e. The molecule has 2 rings (SSSR count). The molecule has 6 heteroatoms. The summed E-state index contributed by atoms with van der Waals surface area (Å²) < 4.78 is 7.42. The second-order valence-electron chi connectivity index (χ2n) is 2.55. The number of halogens is 1. The minimum Gasteiger partial charge on any atom is -0.461 e. The van der Waals surface area contributed by atoms with Gasteiger partial charge in [-0.2, -0.15) is 0 Å². The molecular weight excluding hydrogens is 268 g/mol. The molecule has 0 aliphatic rings. The molecule has 0 atom stereocenters. The quantitative estimate of drug-likeness (QED) is 0.790. The van der Waals surface area contributed by atoms with Crippen molar-refractivity contribution in [1.82, 2.24) is 9.38 Å². The number of imidazole rings is 1. The number of hydrogen-bond acceptors (Lipinski definition) is 4. The predicted octanol–water partition coefficient (Wildman–Crippen LogP) is 2.33. The highest BCUT2D eigenvalue weighted by Crippen LogP contribution is 2.28. The van der Waals surface area contributed by atoms with Crippen LogP contribution in [-0.2, 0) is 4.74 Å². The van der Waals surface area contributed by atoms with Gasteiger partial charge in [0.1, 0.15) is 14.9 Å². The summed E-state index contributed by atoms with van der Waals surface area (Å²) in [5.41, 5.74) is 0.504. The van der Waals surface area contributed by atoms with Gasteiger partial charge in [0, 0.05) is 0 Å². The number of carbonyl (C=O) groups excluding carboxylic acids is 1. The maximum absolute atomic E-state index is 11.5. The van der Waals surface area contributed by atoms with Crippen molar-refractivity contribution in [2.75, 3.05) is 6.61 Å². The molecular formula is C8H7BrN2O2S. The van der Waals surface area contributed by atoms with Crippen LogP contribution >= 0.6 is 27.3 Å². The van der Waals surface area contributed by atoms with E-state index in [-0.39, 0.29) is 5.97 Å². The molecule has 0 amide bonds. The molecule has 0 bridgehead atoms. The first kappa shape index (κ1) is 9.67. The van der Waals surface area contributed by atoms with Crippen LogP contribution in [0.15, 0.2) is 16.3 Å². The Morgan fingerprint density at radius 1 is 1.79 bits per heavy atom. The van der Waals surface area contributed by atoms with Crippen LogP contribution in [0.4, 0.5) is 0 Å². The van der Waals surface area contributed by atoms with Crippen LogP contribution in [0.2, 0.25) is 0 Å². The van der Waals surface area contributed by atoms with E-state index in [0.717, 1.165) is 8.62 Å². The number of fused-ring (bicyclic) bond motifs is 1. The van der Waals surface area contributed by atoms with Crippen molar-refractivity contribution >= 4 is 38.1 Å². The third-order valence-electron chi connectivity index (χ3n) is 1.69. The van der Waals surface area contributed by atoms with E-state index in [9.17, 15) is 4.79 Å². The number of esters is 1. The van der Waals surface area contributed by atoms with Gasteiger partial charge in [0.15, 0.2) is 5.69 Å². The molecule has 2 heterocycles. The molecule has 0 unspecified atom stereocenters. The SMILES string of the molecule is CCOC(=O)c1c(Br)sc2cncn12. The first-order chi connectivity index (χ1) is 6.74. The molecule has 0 radical (unpaired) electrons. The van der Waals surface area contributed by atoms with Crippen LogP contribution in [0.3, 0.4) is 0 Å². The standard InChI is InChI=1S/C8H7BrN2O2S/c1-2-13-8(12)6-7(9)14-5-3-10-4-11(5)6/h3-4H,2H2,1H3. The maximum Gasteiger partial charge on any atom is 0.357 e. The number of aromatic nitrogens is 2. The number of ether oxygens (including phenoxy) is 1. The molecule has 0 N–H and O–H groups in total. The highest BCUT2D eigenvalue weighted by atomic mass is 79.9. The third kappa shape index (κ3) is 1.44.